The zero-order valence-electron chi connectivity index (χ0n) is 7.84. The lowest BCUT2D eigenvalue weighted by atomic mass is 10.3. The van der Waals surface area contributed by atoms with E-state index in [1.165, 1.54) is 0 Å². The first-order valence-corrected chi connectivity index (χ1v) is 4.13. The summed E-state index contributed by atoms with van der Waals surface area (Å²) >= 11 is 0. The van der Waals surface area contributed by atoms with E-state index >= 15 is 0 Å². The van der Waals surface area contributed by atoms with Crippen molar-refractivity contribution in [2.75, 3.05) is 5.73 Å². The summed E-state index contributed by atoms with van der Waals surface area (Å²) in [4.78, 5) is 0. The molecule has 2 aromatic rings. The molecule has 2 N–H and O–H groups in total. The third kappa shape index (κ3) is 1.88. The zero-order valence-corrected chi connectivity index (χ0v) is 8.66. The van der Waals surface area contributed by atoms with Gasteiger partial charge in [0.25, 0.3) is 0 Å². The summed E-state index contributed by atoms with van der Waals surface area (Å²) in [5, 5.41) is 4.18. The zero-order chi connectivity index (χ0) is 9.26. The van der Waals surface area contributed by atoms with Gasteiger partial charge in [-0.1, -0.05) is 12.1 Å². The number of hydrogen-bond acceptors (Lipinski definition) is 2. The normalized spacial score (nSPS) is 9.50. The molecule has 0 aliphatic carbocycles. The number of para-hydroxylation sites is 2. The van der Waals surface area contributed by atoms with E-state index in [1.54, 1.807) is 4.68 Å². The summed E-state index contributed by atoms with van der Waals surface area (Å²) in [7, 11) is 0. The maximum atomic E-state index is 5.80. The van der Waals surface area contributed by atoms with Gasteiger partial charge in [0.1, 0.15) is 0 Å². The van der Waals surface area contributed by atoms with Crippen molar-refractivity contribution in [1.82, 2.24) is 9.78 Å². The van der Waals surface area contributed by atoms with Crippen LogP contribution in [0.25, 0.3) is 5.69 Å². The van der Waals surface area contributed by atoms with Gasteiger partial charge in [-0.2, -0.15) is 5.10 Å². The standard InChI is InChI=1S/C10H11N3.ClH/c1-8-6-12-13(7-8)10-5-3-2-4-9(10)11;/h2-7H,11H2,1H3;1H. The molecule has 0 atom stereocenters. The second kappa shape index (κ2) is 4.15. The molecule has 1 aromatic heterocycles. The van der Waals surface area contributed by atoms with E-state index in [1.807, 2.05) is 43.6 Å². The monoisotopic (exact) mass is 209 g/mol. The molecule has 0 aliphatic rings. The van der Waals surface area contributed by atoms with Gasteiger partial charge < -0.3 is 5.73 Å². The Balaban J connectivity index is 0.000000980. The van der Waals surface area contributed by atoms with Crippen molar-refractivity contribution in [1.29, 1.82) is 0 Å². The molecule has 0 saturated carbocycles. The van der Waals surface area contributed by atoms with Crippen LogP contribution in [0.15, 0.2) is 36.7 Å². The molecule has 1 aromatic carbocycles. The summed E-state index contributed by atoms with van der Waals surface area (Å²) in [6.07, 6.45) is 3.76. The van der Waals surface area contributed by atoms with E-state index < -0.39 is 0 Å². The Morgan fingerprint density at radius 1 is 1.29 bits per heavy atom. The highest BCUT2D eigenvalue weighted by atomic mass is 35.5. The Labute approximate surface area is 89.0 Å². The topological polar surface area (TPSA) is 43.8 Å². The molecular formula is C10H12ClN3. The summed E-state index contributed by atoms with van der Waals surface area (Å²) < 4.78 is 1.78. The van der Waals surface area contributed by atoms with Crippen molar-refractivity contribution in [3.05, 3.63) is 42.2 Å². The minimum atomic E-state index is 0. The Kier molecular flexibility index (Phi) is 3.14. The van der Waals surface area contributed by atoms with Crippen LogP contribution in [0.1, 0.15) is 5.56 Å². The molecule has 74 valence electrons. The first-order chi connectivity index (χ1) is 6.27. The lowest BCUT2D eigenvalue weighted by Gasteiger charge is -2.03. The minimum Gasteiger partial charge on any atom is -0.397 e. The highest BCUT2D eigenvalue weighted by Gasteiger charge is 2.00. The van der Waals surface area contributed by atoms with Crippen LogP contribution in [0, 0.1) is 6.92 Å². The van der Waals surface area contributed by atoms with Crippen molar-refractivity contribution in [3.8, 4) is 5.69 Å². The van der Waals surface area contributed by atoms with E-state index in [-0.39, 0.29) is 12.4 Å². The van der Waals surface area contributed by atoms with Gasteiger partial charge in [0.15, 0.2) is 0 Å². The average Bonchev–Trinajstić information content (AvgIpc) is 2.53. The van der Waals surface area contributed by atoms with Crippen LogP contribution < -0.4 is 5.73 Å². The molecule has 14 heavy (non-hydrogen) atoms. The van der Waals surface area contributed by atoms with Gasteiger partial charge in [-0.3, -0.25) is 0 Å². The molecule has 0 unspecified atom stereocenters. The van der Waals surface area contributed by atoms with Gasteiger partial charge >= 0.3 is 0 Å². The number of anilines is 1. The SMILES string of the molecule is Cc1cnn(-c2ccccc2N)c1.Cl. The van der Waals surface area contributed by atoms with Crippen molar-refractivity contribution in [2.24, 2.45) is 0 Å². The Bertz CT molecular complexity index is 423. The highest BCUT2D eigenvalue weighted by molar-refractivity contribution is 5.85. The van der Waals surface area contributed by atoms with Crippen LogP contribution in [-0.4, -0.2) is 9.78 Å². The van der Waals surface area contributed by atoms with Gasteiger partial charge in [0.05, 0.1) is 17.6 Å². The third-order valence-corrected chi connectivity index (χ3v) is 1.90. The molecule has 2 rings (SSSR count). The van der Waals surface area contributed by atoms with E-state index in [9.17, 15) is 0 Å². The Morgan fingerprint density at radius 3 is 2.57 bits per heavy atom. The Hall–Kier alpha value is -1.48. The van der Waals surface area contributed by atoms with Crippen LogP contribution in [0.3, 0.4) is 0 Å². The summed E-state index contributed by atoms with van der Waals surface area (Å²) in [5.74, 6) is 0. The van der Waals surface area contributed by atoms with Crippen LogP contribution in [0.5, 0.6) is 0 Å². The molecule has 0 fully saturated rings. The van der Waals surface area contributed by atoms with E-state index in [0.717, 1.165) is 16.9 Å². The molecule has 0 bridgehead atoms. The lowest BCUT2D eigenvalue weighted by Crippen LogP contribution is -1.99. The molecule has 4 heteroatoms. The smallest absolute Gasteiger partial charge is 0.0874 e. The average molecular weight is 210 g/mol. The number of rotatable bonds is 1. The third-order valence-electron chi connectivity index (χ3n) is 1.90. The van der Waals surface area contributed by atoms with Crippen molar-refractivity contribution >= 4 is 18.1 Å². The number of nitrogens with two attached hydrogens (primary N) is 1. The number of aryl methyl sites for hydroxylation is 1. The van der Waals surface area contributed by atoms with E-state index in [2.05, 4.69) is 5.10 Å². The van der Waals surface area contributed by atoms with Crippen LogP contribution in [0.2, 0.25) is 0 Å². The molecule has 0 aliphatic heterocycles. The van der Waals surface area contributed by atoms with E-state index in [0.29, 0.717) is 0 Å². The molecule has 3 nitrogen and oxygen atoms in total. The minimum absolute atomic E-state index is 0. The summed E-state index contributed by atoms with van der Waals surface area (Å²) in [6.45, 7) is 2.00. The molecular weight excluding hydrogens is 198 g/mol. The van der Waals surface area contributed by atoms with Gasteiger partial charge in [0.2, 0.25) is 0 Å². The van der Waals surface area contributed by atoms with Gasteiger partial charge in [-0.05, 0) is 24.6 Å². The predicted octanol–water partition coefficient (Wildman–Crippen LogP) is 2.18. The van der Waals surface area contributed by atoms with Crippen molar-refractivity contribution in [3.63, 3.8) is 0 Å². The lowest BCUT2D eigenvalue weighted by molar-refractivity contribution is 0.883. The number of nitrogens with zero attached hydrogens (tertiary/aromatic N) is 2. The molecule has 0 spiro atoms. The largest absolute Gasteiger partial charge is 0.397 e. The number of hydrogen-bond donors (Lipinski definition) is 1. The quantitative estimate of drug-likeness (QED) is 0.732. The molecule has 0 saturated heterocycles. The number of aromatic nitrogens is 2. The number of benzene rings is 1. The van der Waals surface area contributed by atoms with Crippen LogP contribution in [0.4, 0.5) is 5.69 Å². The maximum absolute atomic E-state index is 5.80. The fourth-order valence-corrected chi connectivity index (χ4v) is 1.24. The Morgan fingerprint density at radius 2 is 2.00 bits per heavy atom. The predicted molar refractivity (Wildman–Crippen MR) is 60.0 cm³/mol. The summed E-state index contributed by atoms with van der Waals surface area (Å²) in [5.41, 5.74) is 8.60. The first-order valence-electron chi connectivity index (χ1n) is 4.13. The second-order valence-corrected chi connectivity index (χ2v) is 3.02. The van der Waals surface area contributed by atoms with Crippen LogP contribution >= 0.6 is 12.4 Å². The summed E-state index contributed by atoms with van der Waals surface area (Å²) in [6, 6.07) is 7.67. The second-order valence-electron chi connectivity index (χ2n) is 3.02. The molecule has 0 radical (unpaired) electrons. The van der Waals surface area contributed by atoms with Gasteiger partial charge in [-0.15, -0.1) is 12.4 Å². The van der Waals surface area contributed by atoms with Gasteiger partial charge in [-0.25, -0.2) is 4.68 Å². The highest BCUT2D eigenvalue weighted by Crippen LogP contribution is 2.15. The molecule has 1 heterocycles. The fourth-order valence-electron chi connectivity index (χ4n) is 1.24. The molecule has 0 amide bonds. The number of nitrogen functional groups attached to an aromatic ring is 1. The van der Waals surface area contributed by atoms with Gasteiger partial charge in [0, 0.05) is 6.20 Å². The van der Waals surface area contributed by atoms with E-state index in [4.69, 9.17) is 5.73 Å². The fraction of sp³-hybridized carbons (Fsp3) is 0.100. The van der Waals surface area contributed by atoms with Crippen LogP contribution in [-0.2, 0) is 0 Å². The maximum Gasteiger partial charge on any atom is 0.0874 e. The van der Waals surface area contributed by atoms with Crippen molar-refractivity contribution < 1.29 is 0 Å². The first kappa shape index (κ1) is 10.6. The van der Waals surface area contributed by atoms with Crippen molar-refractivity contribution in [2.45, 2.75) is 6.92 Å². The number of halogens is 1.